The Morgan fingerprint density at radius 2 is 1.93 bits per heavy atom. The molecule has 3 aromatic carbocycles. The number of nitrogens with zero attached hydrogens (tertiary/aromatic N) is 5. The number of hydrogen-bond acceptors (Lipinski definition) is 8. The molecule has 44 heavy (non-hydrogen) atoms. The minimum atomic E-state index is -0.0434. The van der Waals surface area contributed by atoms with Crippen molar-refractivity contribution in [3.63, 3.8) is 0 Å². The highest BCUT2D eigenvalue weighted by molar-refractivity contribution is 6.00. The first-order valence-corrected chi connectivity index (χ1v) is 15.0. The zero-order valence-electron chi connectivity index (χ0n) is 25.5. The Hall–Kier alpha value is -5.05. The molecule has 1 N–H and O–H groups in total. The van der Waals surface area contributed by atoms with Gasteiger partial charge in [0.25, 0.3) is 0 Å². The van der Waals surface area contributed by atoms with E-state index >= 15 is 0 Å². The fourth-order valence-electron chi connectivity index (χ4n) is 6.50. The number of fused-ring (bicyclic) bond motifs is 6. The summed E-state index contributed by atoms with van der Waals surface area (Å²) in [5.74, 6) is 3.36. The van der Waals surface area contributed by atoms with Gasteiger partial charge in [0.1, 0.15) is 30.3 Å². The molecule has 1 fully saturated rings. The lowest BCUT2D eigenvalue weighted by Gasteiger charge is -2.45. The van der Waals surface area contributed by atoms with Crippen LogP contribution in [0.1, 0.15) is 30.9 Å². The summed E-state index contributed by atoms with van der Waals surface area (Å²) in [5.41, 5.74) is 7.48. The molecule has 2 unspecified atom stereocenters. The number of carbonyl (C=O) groups is 1. The van der Waals surface area contributed by atoms with E-state index in [1.807, 2.05) is 36.1 Å². The lowest BCUT2D eigenvalue weighted by molar-refractivity contribution is -0.127. The maximum absolute atomic E-state index is 12.2. The number of allylic oxidation sites excluding steroid dienone is 1. The van der Waals surface area contributed by atoms with Crippen LogP contribution in [0.3, 0.4) is 0 Å². The van der Waals surface area contributed by atoms with Gasteiger partial charge in [0.05, 0.1) is 22.6 Å². The largest absolute Gasteiger partial charge is 0.488 e. The van der Waals surface area contributed by atoms with Crippen molar-refractivity contribution in [1.29, 1.82) is 0 Å². The van der Waals surface area contributed by atoms with Gasteiger partial charge in [-0.25, -0.2) is 9.97 Å². The fourth-order valence-corrected chi connectivity index (χ4v) is 6.50. The minimum absolute atomic E-state index is 0.0434. The Kier molecular flexibility index (Phi) is 6.88. The summed E-state index contributed by atoms with van der Waals surface area (Å²) in [6, 6.07) is 16.5. The summed E-state index contributed by atoms with van der Waals surface area (Å²) in [5, 5.41) is 4.34. The van der Waals surface area contributed by atoms with Crippen LogP contribution in [0.4, 0.5) is 22.9 Å². The summed E-state index contributed by atoms with van der Waals surface area (Å²) in [6.45, 7) is 12.5. The standard InChI is InChI=1S/C35H36N6O3/c1-6-32(42)40-13-14-41-25(18-40)19-43-34-30(41)11-9-28-33(34)35(37-20-36-28)38-24-7-12-31(21(2)15-24)44-26-8-10-29-27(16-26)23(4)22(3)17-39(29)5/h6-12,15-17,20,23,25H,1,13-14,18-19H2,2-5H3,(H,36,37,38). The highest BCUT2D eigenvalue weighted by atomic mass is 16.5. The Morgan fingerprint density at radius 1 is 1.09 bits per heavy atom. The van der Waals surface area contributed by atoms with Gasteiger partial charge in [0.2, 0.25) is 5.91 Å². The van der Waals surface area contributed by atoms with Crippen LogP contribution < -0.4 is 24.6 Å². The first-order chi connectivity index (χ1) is 21.3. The Balaban J connectivity index is 1.14. The molecule has 9 heteroatoms. The number of nitrogens with one attached hydrogen (secondary N) is 1. The number of carbonyl (C=O) groups excluding carboxylic acids is 1. The molecule has 7 rings (SSSR count). The molecule has 4 heterocycles. The summed E-state index contributed by atoms with van der Waals surface area (Å²) in [6.07, 6.45) is 5.14. The van der Waals surface area contributed by atoms with Gasteiger partial charge >= 0.3 is 0 Å². The van der Waals surface area contributed by atoms with Crippen LogP contribution in [-0.2, 0) is 4.79 Å². The zero-order chi connectivity index (χ0) is 30.5. The van der Waals surface area contributed by atoms with Crippen LogP contribution >= 0.6 is 0 Å². The summed E-state index contributed by atoms with van der Waals surface area (Å²) in [7, 11) is 2.08. The number of aryl methyl sites for hydroxylation is 1. The first-order valence-electron chi connectivity index (χ1n) is 15.0. The van der Waals surface area contributed by atoms with Crippen molar-refractivity contribution in [3.8, 4) is 17.2 Å². The smallest absolute Gasteiger partial charge is 0.246 e. The van der Waals surface area contributed by atoms with E-state index < -0.39 is 0 Å². The van der Waals surface area contributed by atoms with E-state index in [-0.39, 0.29) is 11.9 Å². The van der Waals surface area contributed by atoms with Gasteiger partial charge in [-0.2, -0.15) is 0 Å². The average Bonchev–Trinajstić information content (AvgIpc) is 3.04. The molecule has 0 spiro atoms. The molecule has 9 nitrogen and oxygen atoms in total. The predicted molar refractivity (Wildman–Crippen MR) is 174 cm³/mol. The van der Waals surface area contributed by atoms with Gasteiger partial charge < -0.3 is 29.5 Å². The number of benzene rings is 3. The molecule has 224 valence electrons. The minimum Gasteiger partial charge on any atom is -0.488 e. The Labute approximate surface area is 257 Å². The van der Waals surface area contributed by atoms with Gasteiger partial charge in [-0.1, -0.05) is 13.5 Å². The van der Waals surface area contributed by atoms with Crippen LogP contribution in [0.2, 0.25) is 0 Å². The molecular formula is C35H36N6O3. The SMILES string of the molecule is C=CC(=O)N1CCN2c3ccc4ncnc(Nc5ccc(Oc6ccc7c(c6)C(C)C(C)=CN7C)c(C)c5)c4c3OCC2C1. The van der Waals surface area contributed by atoms with Crippen LogP contribution in [0.15, 0.2) is 79.3 Å². The molecule has 1 amide bonds. The maximum atomic E-state index is 12.2. The molecule has 0 saturated carbocycles. The van der Waals surface area contributed by atoms with E-state index in [2.05, 4.69) is 83.0 Å². The average molecular weight is 589 g/mol. The molecule has 1 aromatic heterocycles. The van der Waals surface area contributed by atoms with Gasteiger partial charge in [-0.3, -0.25) is 4.79 Å². The second kappa shape index (κ2) is 10.9. The predicted octanol–water partition coefficient (Wildman–Crippen LogP) is 6.53. The van der Waals surface area contributed by atoms with Crippen molar-refractivity contribution >= 4 is 39.7 Å². The molecule has 3 aliphatic rings. The van der Waals surface area contributed by atoms with E-state index in [1.165, 1.54) is 22.9 Å². The highest BCUT2D eigenvalue weighted by Gasteiger charge is 2.35. The molecular weight excluding hydrogens is 552 g/mol. The Bertz CT molecular complexity index is 1840. The fraction of sp³-hybridized carbons (Fsp3) is 0.286. The molecule has 2 atom stereocenters. The van der Waals surface area contributed by atoms with E-state index in [1.54, 1.807) is 6.33 Å². The van der Waals surface area contributed by atoms with Crippen LogP contribution in [0.5, 0.6) is 17.2 Å². The van der Waals surface area contributed by atoms with Gasteiger partial charge in [0, 0.05) is 50.2 Å². The normalized spacial score (nSPS) is 18.9. The van der Waals surface area contributed by atoms with Crippen molar-refractivity contribution in [2.45, 2.75) is 32.7 Å². The Morgan fingerprint density at radius 3 is 2.75 bits per heavy atom. The number of amides is 1. The third-order valence-electron chi connectivity index (χ3n) is 9.03. The number of aromatic nitrogens is 2. The van der Waals surface area contributed by atoms with Gasteiger partial charge in [-0.05, 0) is 85.2 Å². The zero-order valence-corrected chi connectivity index (χ0v) is 25.5. The summed E-state index contributed by atoms with van der Waals surface area (Å²) in [4.78, 5) is 27.7. The molecule has 3 aliphatic heterocycles. The van der Waals surface area contributed by atoms with Crippen molar-refractivity contribution in [2.75, 3.05) is 48.4 Å². The monoisotopic (exact) mass is 588 g/mol. The van der Waals surface area contributed by atoms with Crippen molar-refractivity contribution < 1.29 is 14.3 Å². The van der Waals surface area contributed by atoms with Crippen LogP contribution in [-0.4, -0.2) is 60.1 Å². The van der Waals surface area contributed by atoms with Crippen LogP contribution in [0.25, 0.3) is 10.9 Å². The first kappa shape index (κ1) is 27.8. The molecule has 1 saturated heterocycles. The second-order valence-electron chi connectivity index (χ2n) is 11.8. The van der Waals surface area contributed by atoms with E-state index in [0.29, 0.717) is 31.4 Å². The molecule has 0 bridgehead atoms. The molecule has 0 radical (unpaired) electrons. The molecule has 0 aliphatic carbocycles. The van der Waals surface area contributed by atoms with Crippen molar-refractivity contribution in [1.82, 2.24) is 14.9 Å². The maximum Gasteiger partial charge on any atom is 0.246 e. The number of piperazine rings is 1. The van der Waals surface area contributed by atoms with Gasteiger partial charge in [-0.15, -0.1) is 0 Å². The highest BCUT2D eigenvalue weighted by Crippen LogP contribution is 2.44. The van der Waals surface area contributed by atoms with Gasteiger partial charge in [0.15, 0.2) is 5.75 Å². The number of anilines is 4. The lowest BCUT2D eigenvalue weighted by atomic mass is 9.90. The van der Waals surface area contributed by atoms with Crippen molar-refractivity contribution in [2.24, 2.45) is 0 Å². The van der Waals surface area contributed by atoms with E-state index in [4.69, 9.17) is 9.47 Å². The number of rotatable bonds is 5. The number of hydrogen-bond donors (Lipinski definition) is 1. The van der Waals surface area contributed by atoms with Crippen LogP contribution in [0, 0.1) is 6.92 Å². The third kappa shape index (κ3) is 4.78. The number of ether oxygens (including phenoxy) is 2. The summed E-state index contributed by atoms with van der Waals surface area (Å²) < 4.78 is 12.7. The van der Waals surface area contributed by atoms with E-state index in [9.17, 15) is 4.79 Å². The lowest BCUT2D eigenvalue weighted by Crippen LogP contribution is -2.58. The molecule has 4 aromatic rings. The second-order valence-corrected chi connectivity index (χ2v) is 11.8. The van der Waals surface area contributed by atoms with E-state index in [0.717, 1.165) is 51.6 Å². The topological polar surface area (TPSA) is 83.1 Å². The summed E-state index contributed by atoms with van der Waals surface area (Å²) >= 11 is 0. The quantitative estimate of drug-likeness (QED) is 0.264. The third-order valence-corrected chi connectivity index (χ3v) is 9.03. The van der Waals surface area contributed by atoms with Crippen molar-refractivity contribution in [3.05, 3.63) is 90.4 Å².